The fraction of sp³-hybridized carbons (Fsp3) is 0.600. The minimum atomic E-state index is 0.311. The van der Waals surface area contributed by atoms with Crippen molar-refractivity contribution in [2.45, 2.75) is 13.3 Å². The number of thioether (sulfide) groups is 1. The molecular formula is C10H16OS2. The van der Waals surface area contributed by atoms with Crippen LogP contribution in [0.3, 0.4) is 0 Å². The molecule has 0 aromatic carbocycles. The number of aryl methyl sites for hydroxylation is 1. The van der Waals surface area contributed by atoms with E-state index in [0.29, 0.717) is 12.5 Å². The lowest BCUT2D eigenvalue weighted by atomic mass is 10.2. The van der Waals surface area contributed by atoms with Gasteiger partial charge in [0.05, 0.1) is 0 Å². The summed E-state index contributed by atoms with van der Waals surface area (Å²) in [5.74, 6) is 2.68. The van der Waals surface area contributed by atoms with Crippen LogP contribution in [-0.4, -0.2) is 23.2 Å². The largest absolute Gasteiger partial charge is 0.396 e. The summed E-state index contributed by atoms with van der Waals surface area (Å²) in [6, 6.07) is 2.18. The molecule has 0 spiro atoms. The third kappa shape index (κ3) is 4.69. The van der Waals surface area contributed by atoms with Crippen molar-refractivity contribution in [3.8, 4) is 0 Å². The third-order valence-corrected chi connectivity index (χ3v) is 3.86. The molecule has 74 valence electrons. The fourth-order valence-corrected chi connectivity index (χ4v) is 2.72. The van der Waals surface area contributed by atoms with E-state index in [1.165, 1.54) is 11.3 Å². The van der Waals surface area contributed by atoms with Crippen LogP contribution in [0, 0.1) is 5.92 Å². The van der Waals surface area contributed by atoms with E-state index < -0.39 is 0 Å². The molecule has 3 heteroatoms. The fourth-order valence-electron chi connectivity index (χ4n) is 0.962. The number of aliphatic hydroxyl groups is 1. The van der Waals surface area contributed by atoms with Gasteiger partial charge in [0.25, 0.3) is 0 Å². The topological polar surface area (TPSA) is 20.2 Å². The molecule has 1 heterocycles. The summed E-state index contributed by atoms with van der Waals surface area (Å²) >= 11 is 3.69. The summed E-state index contributed by atoms with van der Waals surface area (Å²) in [6.07, 6.45) is 1.16. The summed E-state index contributed by atoms with van der Waals surface area (Å²) in [7, 11) is 0. The summed E-state index contributed by atoms with van der Waals surface area (Å²) in [4.78, 5) is 0. The van der Waals surface area contributed by atoms with Gasteiger partial charge < -0.3 is 5.11 Å². The zero-order chi connectivity index (χ0) is 9.52. The van der Waals surface area contributed by atoms with Crippen molar-refractivity contribution in [2.24, 2.45) is 5.92 Å². The van der Waals surface area contributed by atoms with Gasteiger partial charge in [-0.05, 0) is 46.2 Å². The summed E-state index contributed by atoms with van der Waals surface area (Å²) < 4.78 is 0. The molecule has 1 rings (SSSR count). The molecule has 0 aliphatic carbocycles. The van der Waals surface area contributed by atoms with Crippen molar-refractivity contribution >= 4 is 23.1 Å². The normalized spacial score (nSPS) is 13.1. The van der Waals surface area contributed by atoms with Crippen LogP contribution in [0.15, 0.2) is 16.8 Å². The highest BCUT2D eigenvalue weighted by molar-refractivity contribution is 7.99. The molecule has 0 bridgehead atoms. The standard InChI is InChI=1S/C10H16OS2/c1-9(6-11)7-12-4-2-10-3-5-13-8-10/h3,5,8-9,11H,2,4,6-7H2,1H3. The Morgan fingerprint density at radius 1 is 1.62 bits per heavy atom. The molecule has 1 aromatic heterocycles. The molecule has 0 radical (unpaired) electrons. The molecule has 1 aromatic rings. The molecule has 1 N–H and O–H groups in total. The SMILES string of the molecule is CC(CO)CSCCc1ccsc1. The van der Waals surface area contributed by atoms with E-state index in [4.69, 9.17) is 5.11 Å². The number of hydrogen-bond acceptors (Lipinski definition) is 3. The van der Waals surface area contributed by atoms with E-state index in [2.05, 4.69) is 23.8 Å². The number of thiophene rings is 1. The second-order valence-electron chi connectivity index (χ2n) is 3.24. The zero-order valence-corrected chi connectivity index (χ0v) is 9.53. The summed E-state index contributed by atoms with van der Waals surface area (Å²) in [6.45, 7) is 2.39. The maximum atomic E-state index is 8.81. The van der Waals surface area contributed by atoms with E-state index in [0.717, 1.165) is 12.2 Å². The molecule has 0 aliphatic heterocycles. The summed E-state index contributed by atoms with van der Waals surface area (Å²) in [5.41, 5.74) is 1.44. The Balaban J connectivity index is 2.02. The van der Waals surface area contributed by atoms with Gasteiger partial charge in [-0.15, -0.1) is 0 Å². The second-order valence-corrected chi connectivity index (χ2v) is 5.17. The maximum absolute atomic E-state index is 8.81. The molecule has 0 amide bonds. The van der Waals surface area contributed by atoms with Gasteiger partial charge in [-0.25, -0.2) is 0 Å². The molecule has 1 unspecified atom stereocenters. The molecule has 0 fully saturated rings. The molecular weight excluding hydrogens is 200 g/mol. The highest BCUT2D eigenvalue weighted by Crippen LogP contribution is 2.12. The first-order valence-electron chi connectivity index (χ1n) is 4.52. The lowest BCUT2D eigenvalue weighted by molar-refractivity contribution is 0.250. The van der Waals surface area contributed by atoms with Crippen molar-refractivity contribution < 1.29 is 5.11 Å². The monoisotopic (exact) mass is 216 g/mol. The Hall–Kier alpha value is 0.01000. The highest BCUT2D eigenvalue weighted by atomic mass is 32.2. The van der Waals surface area contributed by atoms with E-state index in [1.807, 2.05) is 11.8 Å². The molecule has 0 saturated carbocycles. The van der Waals surface area contributed by atoms with Gasteiger partial charge in [-0.1, -0.05) is 6.92 Å². The Labute approximate surface area is 88.2 Å². The average Bonchev–Trinajstić information content (AvgIpc) is 2.64. The Bertz CT molecular complexity index is 209. The van der Waals surface area contributed by atoms with Gasteiger partial charge in [0, 0.05) is 6.61 Å². The van der Waals surface area contributed by atoms with Crippen molar-refractivity contribution in [3.05, 3.63) is 22.4 Å². The Morgan fingerprint density at radius 2 is 2.46 bits per heavy atom. The minimum Gasteiger partial charge on any atom is -0.396 e. The van der Waals surface area contributed by atoms with Gasteiger partial charge in [0.15, 0.2) is 0 Å². The van der Waals surface area contributed by atoms with Crippen LogP contribution in [0.5, 0.6) is 0 Å². The van der Waals surface area contributed by atoms with E-state index in [1.54, 1.807) is 11.3 Å². The summed E-state index contributed by atoms with van der Waals surface area (Å²) in [5, 5.41) is 13.1. The number of aliphatic hydroxyl groups excluding tert-OH is 1. The van der Waals surface area contributed by atoms with Crippen LogP contribution in [0.2, 0.25) is 0 Å². The van der Waals surface area contributed by atoms with Crippen LogP contribution in [0.1, 0.15) is 12.5 Å². The van der Waals surface area contributed by atoms with Gasteiger partial charge in [0.1, 0.15) is 0 Å². The maximum Gasteiger partial charge on any atom is 0.0464 e. The lowest BCUT2D eigenvalue weighted by Crippen LogP contribution is -2.04. The second kappa shape index (κ2) is 6.46. The molecule has 0 aliphatic rings. The smallest absolute Gasteiger partial charge is 0.0464 e. The van der Waals surface area contributed by atoms with Crippen molar-refractivity contribution in [1.82, 2.24) is 0 Å². The zero-order valence-electron chi connectivity index (χ0n) is 7.90. The predicted molar refractivity (Wildman–Crippen MR) is 61.6 cm³/mol. The van der Waals surface area contributed by atoms with Crippen molar-refractivity contribution in [2.75, 3.05) is 18.1 Å². The first kappa shape index (κ1) is 11.1. The van der Waals surface area contributed by atoms with Crippen LogP contribution in [0.25, 0.3) is 0 Å². The molecule has 0 saturated heterocycles. The first-order chi connectivity index (χ1) is 6.33. The Morgan fingerprint density at radius 3 is 3.08 bits per heavy atom. The quantitative estimate of drug-likeness (QED) is 0.738. The predicted octanol–water partition coefficient (Wildman–Crippen LogP) is 2.65. The van der Waals surface area contributed by atoms with Crippen LogP contribution in [0.4, 0.5) is 0 Å². The van der Waals surface area contributed by atoms with Crippen LogP contribution in [-0.2, 0) is 6.42 Å². The molecule has 1 atom stereocenters. The van der Waals surface area contributed by atoms with Gasteiger partial charge in [-0.2, -0.15) is 23.1 Å². The first-order valence-corrected chi connectivity index (χ1v) is 6.62. The van der Waals surface area contributed by atoms with Crippen LogP contribution >= 0.6 is 23.1 Å². The van der Waals surface area contributed by atoms with Crippen molar-refractivity contribution in [3.63, 3.8) is 0 Å². The number of hydrogen-bond donors (Lipinski definition) is 1. The van der Waals surface area contributed by atoms with Gasteiger partial charge >= 0.3 is 0 Å². The lowest BCUT2D eigenvalue weighted by Gasteiger charge is -2.05. The minimum absolute atomic E-state index is 0.311. The van der Waals surface area contributed by atoms with Gasteiger partial charge in [0.2, 0.25) is 0 Å². The number of rotatable bonds is 6. The molecule has 13 heavy (non-hydrogen) atoms. The third-order valence-electron chi connectivity index (χ3n) is 1.83. The highest BCUT2D eigenvalue weighted by Gasteiger charge is 1.99. The van der Waals surface area contributed by atoms with Gasteiger partial charge in [-0.3, -0.25) is 0 Å². The van der Waals surface area contributed by atoms with Crippen LogP contribution < -0.4 is 0 Å². The Kier molecular flexibility index (Phi) is 5.51. The van der Waals surface area contributed by atoms with E-state index in [-0.39, 0.29) is 0 Å². The van der Waals surface area contributed by atoms with Crippen molar-refractivity contribution in [1.29, 1.82) is 0 Å². The van der Waals surface area contributed by atoms with E-state index in [9.17, 15) is 0 Å². The van der Waals surface area contributed by atoms with E-state index >= 15 is 0 Å². The average molecular weight is 216 g/mol. The molecule has 1 nitrogen and oxygen atoms in total.